The number of aryl methyl sites for hydroxylation is 1. The van der Waals surface area contributed by atoms with E-state index in [1.165, 1.54) is 11.1 Å². The predicted octanol–water partition coefficient (Wildman–Crippen LogP) is 2.58. The molecule has 2 heterocycles. The third-order valence-electron chi connectivity index (χ3n) is 3.02. The van der Waals surface area contributed by atoms with Gasteiger partial charge in [0.05, 0.1) is 0 Å². The Morgan fingerprint density at radius 3 is 2.75 bits per heavy atom. The maximum atomic E-state index is 4.23. The minimum Gasteiger partial charge on any atom is -0.366 e. The lowest BCUT2D eigenvalue weighted by Crippen LogP contribution is -2.03. The third kappa shape index (κ3) is 2.83. The van der Waals surface area contributed by atoms with Gasteiger partial charge in [0.1, 0.15) is 24.3 Å². The zero-order valence-corrected chi connectivity index (χ0v) is 11.2. The molecule has 5 heteroatoms. The highest BCUT2D eigenvalue weighted by Crippen LogP contribution is 2.10. The molecule has 0 aliphatic carbocycles. The standard InChI is InChI=1S/C15H15N5/c1-12-2-4-13(5-3-12)9-17-14-8-15(19-10-18-14)20-7-6-16-11-20/h2-8,10-11H,9H2,1H3,(H,17,18,19). The van der Waals surface area contributed by atoms with Crippen molar-refractivity contribution < 1.29 is 0 Å². The molecule has 0 fully saturated rings. The third-order valence-corrected chi connectivity index (χ3v) is 3.02. The maximum absolute atomic E-state index is 4.23. The predicted molar refractivity (Wildman–Crippen MR) is 77.7 cm³/mol. The number of benzene rings is 1. The highest BCUT2D eigenvalue weighted by Gasteiger charge is 2.00. The summed E-state index contributed by atoms with van der Waals surface area (Å²) >= 11 is 0. The zero-order valence-electron chi connectivity index (χ0n) is 11.2. The van der Waals surface area contributed by atoms with E-state index >= 15 is 0 Å². The van der Waals surface area contributed by atoms with E-state index < -0.39 is 0 Å². The molecule has 3 aromatic rings. The Morgan fingerprint density at radius 2 is 2.00 bits per heavy atom. The molecular formula is C15H15N5. The highest BCUT2D eigenvalue weighted by atomic mass is 15.1. The number of hydrogen-bond donors (Lipinski definition) is 1. The van der Waals surface area contributed by atoms with Crippen LogP contribution in [0.5, 0.6) is 0 Å². The van der Waals surface area contributed by atoms with Crippen molar-refractivity contribution >= 4 is 5.82 Å². The first-order valence-corrected chi connectivity index (χ1v) is 6.41. The van der Waals surface area contributed by atoms with Crippen LogP contribution in [0.1, 0.15) is 11.1 Å². The van der Waals surface area contributed by atoms with Gasteiger partial charge >= 0.3 is 0 Å². The maximum Gasteiger partial charge on any atom is 0.143 e. The molecule has 0 aliphatic heterocycles. The van der Waals surface area contributed by atoms with E-state index in [4.69, 9.17) is 0 Å². The van der Waals surface area contributed by atoms with E-state index in [0.29, 0.717) is 0 Å². The number of nitrogens with one attached hydrogen (secondary N) is 1. The van der Waals surface area contributed by atoms with E-state index in [9.17, 15) is 0 Å². The van der Waals surface area contributed by atoms with Crippen LogP contribution >= 0.6 is 0 Å². The minimum absolute atomic E-state index is 0.737. The average Bonchev–Trinajstić information content (AvgIpc) is 3.01. The van der Waals surface area contributed by atoms with E-state index in [1.807, 2.05) is 16.8 Å². The van der Waals surface area contributed by atoms with Crippen LogP contribution in [0, 0.1) is 6.92 Å². The van der Waals surface area contributed by atoms with Gasteiger partial charge in [0.2, 0.25) is 0 Å². The van der Waals surface area contributed by atoms with Crippen LogP contribution in [0.15, 0.2) is 55.4 Å². The molecule has 0 spiro atoms. The van der Waals surface area contributed by atoms with Crippen LogP contribution in [-0.4, -0.2) is 19.5 Å². The van der Waals surface area contributed by atoms with Gasteiger partial charge in [-0.2, -0.15) is 0 Å². The molecule has 0 atom stereocenters. The number of anilines is 1. The lowest BCUT2D eigenvalue weighted by molar-refractivity contribution is 0.964. The lowest BCUT2D eigenvalue weighted by atomic mass is 10.1. The minimum atomic E-state index is 0.737. The molecule has 0 saturated heterocycles. The average molecular weight is 265 g/mol. The summed E-state index contributed by atoms with van der Waals surface area (Å²) in [5.74, 6) is 1.59. The van der Waals surface area contributed by atoms with Crippen molar-refractivity contribution in [3.63, 3.8) is 0 Å². The normalized spacial score (nSPS) is 10.4. The highest BCUT2D eigenvalue weighted by molar-refractivity contribution is 5.41. The summed E-state index contributed by atoms with van der Waals surface area (Å²) < 4.78 is 1.85. The molecule has 1 aromatic carbocycles. The molecule has 0 aliphatic rings. The summed E-state index contributed by atoms with van der Waals surface area (Å²) in [5.41, 5.74) is 2.48. The van der Waals surface area contributed by atoms with Crippen molar-refractivity contribution in [3.05, 3.63) is 66.5 Å². The Kier molecular flexibility index (Phi) is 3.41. The fourth-order valence-electron chi connectivity index (χ4n) is 1.88. The lowest BCUT2D eigenvalue weighted by Gasteiger charge is -2.07. The van der Waals surface area contributed by atoms with Gasteiger partial charge in [0.15, 0.2) is 0 Å². The molecule has 0 bridgehead atoms. The summed E-state index contributed by atoms with van der Waals surface area (Å²) in [7, 11) is 0. The number of aromatic nitrogens is 4. The van der Waals surface area contributed by atoms with Crippen molar-refractivity contribution in [2.24, 2.45) is 0 Å². The largest absolute Gasteiger partial charge is 0.366 e. The molecule has 1 N–H and O–H groups in total. The molecule has 0 unspecified atom stereocenters. The molecule has 100 valence electrons. The SMILES string of the molecule is Cc1ccc(CNc2cc(-n3ccnc3)ncn2)cc1. The Bertz CT molecular complexity index is 674. The second kappa shape index (κ2) is 5.52. The summed E-state index contributed by atoms with van der Waals surface area (Å²) in [5, 5.41) is 3.30. The van der Waals surface area contributed by atoms with Crippen molar-refractivity contribution in [1.82, 2.24) is 19.5 Å². The summed E-state index contributed by atoms with van der Waals surface area (Å²) in [6.45, 7) is 2.82. The fraction of sp³-hybridized carbons (Fsp3) is 0.133. The number of hydrogen-bond acceptors (Lipinski definition) is 4. The molecule has 0 saturated carbocycles. The van der Waals surface area contributed by atoms with E-state index in [1.54, 1.807) is 18.9 Å². The van der Waals surface area contributed by atoms with Crippen molar-refractivity contribution in [1.29, 1.82) is 0 Å². The van der Waals surface area contributed by atoms with Crippen LogP contribution in [0.25, 0.3) is 5.82 Å². The van der Waals surface area contributed by atoms with E-state index in [2.05, 4.69) is 51.5 Å². The Morgan fingerprint density at radius 1 is 1.15 bits per heavy atom. The van der Waals surface area contributed by atoms with Crippen molar-refractivity contribution in [2.75, 3.05) is 5.32 Å². The van der Waals surface area contributed by atoms with Crippen molar-refractivity contribution in [3.8, 4) is 5.82 Å². The van der Waals surface area contributed by atoms with Crippen LogP contribution in [-0.2, 0) is 6.54 Å². The second-order valence-electron chi connectivity index (χ2n) is 4.57. The summed E-state index contributed by atoms with van der Waals surface area (Å²) in [6.07, 6.45) is 6.84. The van der Waals surface area contributed by atoms with Gasteiger partial charge in [-0.05, 0) is 12.5 Å². The molecule has 2 aromatic heterocycles. The molecule has 0 amide bonds. The summed E-state index contributed by atoms with van der Waals surface area (Å²) in [4.78, 5) is 12.5. The van der Waals surface area contributed by atoms with Gasteiger partial charge < -0.3 is 5.32 Å². The Labute approximate surface area is 117 Å². The number of rotatable bonds is 4. The first-order valence-electron chi connectivity index (χ1n) is 6.41. The second-order valence-corrected chi connectivity index (χ2v) is 4.57. The van der Waals surface area contributed by atoms with Gasteiger partial charge in [-0.1, -0.05) is 29.8 Å². The number of nitrogens with zero attached hydrogens (tertiary/aromatic N) is 4. The molecule has 3 rings (SSSR count). The van der Waals surface area contributed by atoms with Gasteiger partial charge in [-0.15, -0.1) is 0 Å². The summed E-state index contributed by atoms with van der Waals surface area (Å²) in [6, 6.07) is 10.3. The number of imidazole rings is 1. The smallest absolute Gasteiger partial charge is 0.143 e. The van der Waals surface area contributed by atoms with Crippen LogP contribution in [0.4, 0.5) is 5.82 Å². The molecule has 5 nitrogen and oxygen atoms in total. The zero-order chi connectivity index (χ0) is 13.8. The quantitative estimate of drug-likeness (QED) is 0.787. The van der Waals surface area contributed by atoms with E-state index in [-0.39, 0.29) is 0 Å². The van der Waals surface area contributed by atoms with Gasteiger partial charge in [0.25, 0.3) is 0 Å². The van der Waals surface area contributed by atoms with Crippen LogP contribution in [0.2, 0.25) is 0 Å². The Balaban J connectivity index is 1.72. The first-order chi connectivity index (χ1) is 9.81. The van der Waals surface area contributed by atoms with Crippen LogP contribution in [0.3, 0.4) is 0 Å². The molecule has 20 heavy (non-hydrogen) atoms. The topological polar surface area (TPSA) is 55.6 Å². The van der Waals surface area contributed by atoms with Gasteiger partial charge in [-0.25, -0.2) is 15.0 Å². The fourth-order valence-corrected chi connectivity index (χ4v) is 1.88. The molecular weight excluding hydrogens is 250 g/mol. The van der Waals surface area contributed by atoms with Crippen molar-refractivity contribution in [2.45, 2.75) is 13.5 Å². The van der Waals surface area contributed by atoms with Crippen LogP contribution < -0.4 is 5.32 Å². The van der Waals surface area contributed by atoms with E-state index in [0.717, 1.165) is 18.2 Å². The van der Waals surface area contributed by atoms with Gasteiger partial charge in [-0.3, -0.25) is 4.57 Å². The monoisotopic (exact) mass is 265 g/mol. The first kappa shape index (κ1) is 12.3. The molecule has 0 radical (unpaired) electrons. The van der Waals surface area contributed by atoms with Gasteiger partial charge in [0, 0.05) is 25.0 Å². The Hall–Kier alpha value is -2.69.